The number of carbonyl (C=O) groups is 2. The van der Waals surface area contributed by atoms with Crippen LogP contribution in [0, 0.1) is 5.41 Å². The quantitative estimate of drug-likeness (QED) is 0.864. The first-order chi connectivity index (χ1) is 11.5. The number of carboxylic acids is 1. The van der Waals surface area contributed by atoms with Crippen molar-refractivity contribution in [2.24, 2.45) is 12.5 Å². The van der Waals surface area contributed by atoms with E-state index >= 15 is 0 Å². The Kier molecular flexibility index (Phi) is 4.66. The summed E-state index contributed by atoms with van der Waals surface area (Å²) in [5, 5.41) is 18.8. The van der Waals surface area contributed by atoms with E-state index < -0.39 is 11.4 Å². The number of aryl methyl sites for hydroxylation is 1. The van der Waals surface area contributed by atoms with Gasteiger partial charge in [0, 0.05) is 30.7 Å². The second-order valence-electron chi connectivity index (χ2n) is 6.27. The third-order valence-electron chi connectivity index (χ3n) is 4.54. The van der Waals surface area contributed by atoms with Crippen LogP contribution in [0.1, 0.15) is 42.6 Å². The van der Waals surface area contributed by atoms with Gasteiger partial charge < -0.3 is 10.4 Å². The summed E-state index contributed by atoms with van der Waals surface area (Å²) in [4.78, 5) is 28.3. The predicted molar refractivity (Wildman–Crippen MR) is 89.8 cm³/mol. The van der Waals surface area contributed by atoms with Crippen molar-refractivity contribution in [2.75, 3.05) is 6.54 Å². The Morgan fingerprint density at radius 1 is 1.38 bits per heavy atom. The number of amides is 1. The van der Waals surface area contributed by atoms with Gasteiger partial charge in [-0.3, -0.25) is 14.3 Å². The lowest BCUT2D eigenvalue weighted by molar-refractivity contribution is -0.150. The minimum atomic E-state index is -0.837. The molecule has 0 aromatic carbocycles. The van der Waals surface area contributed by atoms with E-state index in [1.165, 1.54) is 11.3 Å². The summed E-state index contributed by atoms with van der Waals surface area (Å²) in [6.07, 6.45) is 7.60. The van der Waals surface area contributed by atoms with Crippen molar-refractivity contribution >= 4 is 23.2 Å². The zero-order chi connectivity index (χ0) is 17.2. The largest absolute Gasteiger partial charge is 0.481 e. The fourth-order valence-corrected chi connectivity index (χ4v) is 3.85. The van der Waals surface area contributed by atoms with Gasteiger partial charge in [-0.2, -0.15) is 5.10 Å². The van der Waals surface area contributed by atoms with Crippen LogP contribution in [0.25, 0.3) is 10.6 Å². The lowest BCUT2D eigenvalue weighted by atomic mass is 9.74. The highest BCUT2D eigenvalue weighted by Gasteiger charge is 2.39. The molecule has 128 valence electrons. The molecule has 24 heavy (non-hydrogen) atoms. The summed E-state index contributed by atoms with van der Waals surface area (Å²) in [7, 11) is 1.82. The first kappa shape index (κ1) is 16.6. The Hall–Kier alpha value is -2.22. The maximum absolute atomic E-state index is 12.3. The smallest absolute Gasteiger partial charge is 0.311 e. The third-order valence-corrected chi connectivity index (χ3v) is 5.43. The first-order valence-electron chi connectivity index (χ1n) is 7.96. The second-order valence-corrected chi connectivity index (χ2v) is 7.13. The number of carbonyl (C=O) groups excluding carboxylic acids is 1. The number of aliphatic carboxylic acids is 1. The summed E-state index contributed by atoms with van der Waals surface area (Å²) >= 11 is 1.37. The molecule has 1 aliphatic carbocycles. The highest BCUT2D eigenvalue weighted by molar-refractivity contribution is 7.13. The normalized spacial score (nSPS) is 16.7. The molecule has 2 aromatic heterocycles. The zero-order valence-corrected chi connectivity index (χ0v) is 14.3. The van der Waals surface area contributed by atoms with Crippen molar-refractivity contribution in [1.82, 2.24) is 20.1 Å². The van der Waals surface area contributed by atoms with Crippen molar-refractivity contribution in [3.8, 4) is 10.6 Å². The minimum absolute atomic E-state index is 0.154. The van der Waals surface area contributed by atoms with Gasteiger partial charge in [0.05, 0.1) is 11.6 Å². The summed E-state index contributed by atoms with van der Waals surface area (Å²) in [5.41, 5.74) is 0.335. The van der Waals surface area contributed by atoms with Crippen LogP contribution in [-0.2, 0) is 11.8 Å². The lowest BCUT2D eigenvalue weighted by Crippen LogP contribution is -2.44. The van der Waals surface area contributed by atoms with Crippen molar-refractivity contribution < 1.29 is 14.7 Å². The van der Waals surface area contributed by atoms with Gasteiger partial charge in [0.1, 0.15) is 10.7 Å². The number of aromatic nitrogens is 3. The Labute approximate surface area is 143 Å². The number of hydrogen-bond acceptors (Lipinski definition) is 5. The number of nitrogens with zero attached hydrogens (tertiary/aromatic N) is 3. The van der Waals surface area contributed by atoms with E-state index in [1.54, 1.807) is 16.3 Å². The number of carboxylic acid groups (broad SMARTS) is 1. The molecule has 7 nitrogen and oxygen atoms in total. The average molecular weight is 348 g/mol. The van der Waals surface area contributed by atoms with Crippen LogP contribution < -0.4 is 5.32 Å². The Morgan fingerprint density at radius 3 is 2.75 bits per heavy atom. The van der Waals surface area contributed by atoms with Gasteiger partial charge in [0.25, 0.3) is 5.91 Å². The van der Waals surface area contributed by atoms with Crippen molar-refractivity contribution in [3.63, 3.8) is 0 Å². The Balaban J connectivity index is 1.67. The van der Waals surface area contributed by atoms with Gasteiger partial charge in [-0.15, -0.1) is 11.3 Å². The molecule has 2 heterocycles. The van der Waals surface area contributed by atoms with Crippen LogP contribution >= 0.6 is 11.3 Å². The van der Waals surface area contributed by atoms with E-state index in [-0.39, 0.29) is 12.5 Å². The molecule has 0 unspecified atom stereocenters. The Bertz CT molecular complexity index is 746. The topological polar surface area (TPSA) is 97.1 Å². The van der Waals surface area contributed by atoms with Crippen molar-refractivity contribution in [3.05, 3.63) is 23.5 Å². The third kappa shape index (κ3) is 3.33. The second kappa shape index (κ2) is 6.72. The molecule has 1 aliphatic rings. The van der Waals surface area contributed by atoms with Crippen LogP contribution in [0.2, 0.25) is 0 Å². The summed E-state index contributed by atoms with van der Waals surface area (Å²) < 4.78 is 1.68. The molecule has 0 aliphatic heterocycles. The van der Waals surface area contributed by atoms with Gasteiger partial charge in [0.15, 0.2) is 0 Å². The molecule has 2 N–H and O–H groups in total. The molecular weight excluding hydrogens is 328 g/mol. The molecule has 0 spiro atoms. The highest BCUT2D eigenvalue weighted by Crippen LogP contribution is 2.36. The van der Waals surface area contributed by atoms with Crippen LogP contribution in [0.3, 0.4) is 0 Å². The summed E-state index contributed by atoms with van der Waals surface area (Å²) in [6, 6.07) is 0. The average Bonchev–Trinajstić information content (AvgIpc) is 3.22. The minimum Gasteiger partial charge on any atom is -0.481 e. The molecule has 1 saturated carbocycles. The van der Waals surface area contributed by atoms with Crippen molar-refractivity contribution in [2.45, 2.75) is 32.1 Å². The predicted octanol–water partition coefficient (Wildman–Crippen LogP) is 2.31. The zero-order valence-electron chi connectivity index (χ0n) is 13.5. The highest BCUT2D eigenvalue weighted by atomic mass is 32.1. The van der Waals surface area contributed by atoms with Gasteiger partial charge in [-0.1, -0.05) is 19.3 Å². The van der Waals surface area contributed by atoms with Crippen LogP contribution in [0.15, 0.2) is 17.8 Å². The van der Waals surface area contributed by atoms with Gasteiger partial charge in [0.2, 0.25) is 0 Å². The first-order valence-corrected chi connectivity index (χ1v) is 8.84. The van der Waals surface area contributed by atoms with E-state index in [1.807, 2.05) is 13.2 Å². The van der Waals surface area contributed by atoms with E-state index in [9.17, 15) is 14.7 Å². The molecule has 0 saturated heterocycles. The standard InChI is InChI=1S/C16H20N4O3S/c1-20-8-11(7-18-20)14-19-12(9-24-14)13(21)17-10-16(15(22)23)5-3-2-4-6-16/h7-9H,2-6,10H2,1H3,(H,17,21)(H,22,23). The Morgan fingerprint density at radius 2 is 2.12 bits per heavy atom. The monoisotopic (exact) mass is 348 g/mol. The van der Waals surface area contributed by atoms with Gasteiger partial charge >= 0.3 is 5.97 Å². The summed E-state index contributed by atoms with van der Waals surface area (Å²) in [6.45, 7) is 0.154. The molecule has 1 amide bonds. The molecule has 0 radical (unpaired) electrons. The van der Waals surface area contributed by atoms with Gasteiger partial charge in [-0.05, 0) is 12.8 Å². The number of hydrogen-bond donors (Lipinski definition) is 2. The molecular formula is C16H20N4O3S. The SMILES string of the molecule is Cn1cc(-c2nc(C(=O)NCC3(C(=O)O)CCCCC3)cs2)cn1. The fraction of sp³-hybridized carbons (Fsp3) is 0.500. The lowest BCUT2D eigenvalue weighted by Gasteiger charge is -2.33. The van der Waals surface area contributed by atoms with Crippen LogP contribution in [-0.4, -0.2) is 38.3 Å². The van der Waals surface area contributed by atoms with E-state index in [2.05, 4.69) is 15.4 Å². The van der Waals surface area contributed by atoms with E-state index in [4.69, 9.17) is 0 Å². The van der Waals surface area contributed by atoms with Crippen LogP contribution in [0.4, 0.5) is 0 Å². The molecule has 8 heteroatoms. The van der Waals surface area contributed by atoms with Gasteiger partial charge in [-0.25, -0.2) is 4.98 Å². The number of thiazole rings is 1. The fourth-order valence-electron chi connectivity index (χ4n) is 3.08. The molecule has 1 fully saturated rings. The molecule has 0 bridgehead atoms. The van der Waals surface area contributed by atoms with E-state index in [0.717, 1.165) is 29.8 Å². The molecule has 0 atom stereocenters. The van der Waals surface area contributed by atoms with Crippen molar-refractivity contribution in [1.29, 1.82) is 0 Å². The number of nitrogens with one attached hydrogen (secondary N) is 1. The number of rotatable bonds is 5. The molecule has 3 rings (SSSR count). The summed E-state index contributed by atoms with van der Waals surface area (Å²) in [5.74, 6) is -1.15. The van der Waals surface area contributed by atoms with Crippen LogP contribution in [0.5, 0.6) is 0 Å². The van der Waals surface area contributed by atoms with E-state index in [0.29, 0.717) is 18.5 Å². The maximum Gasteiger partial charge on any atom is 0.311 e. The molecule has 2 aromatic rings. The maximum atomic E-state index is 12.3.